The predicted molar refractivity (Wildman–Crippen MR) is 58.2 cm³/mol. The van der Waals surface area contributed by atoms with E-state index in [2.05, 4.69) is 19.2 Å². The third-order valence-electron chi connectivity index (χ3n) is 2.99. The second-order valence-corrected chi connectivity index (χ2v) is 3.98. The standard InChI is InChI=1S/C11H22N2O/c1-3-10(4-2)12-9-11(14)13-7-5-6-8-13/h10,12H,3-9H2,1-2H3. The van der Waals surface area contributed by atoms with Gasteiger partial charge in [0.05, 0.1) is 6.54 Å². The molecule has 1 heterocycles. The number of nitrogens with zero attached hydrogens (tertiary/aromatic N) is 1. The van der Waals surface area contributed by atoms with Gasteiger partial charge < -0.3 is 10.2 Å². The van der Waals surface area contributed by atoms with E-state index in [1.54, 1.807) is 0 Å². The molecule has 0 bridgehead atoms. The summed E-state index contributed by atoms with van der Waals surface area (Å²) in [6.07, 6.45) is 4.56. The smallest absolute Gasteiger partial charge is 0.236 e. The lowest BCUT2D eigenvalue weighted by atomic mass is 10.2. The summed E-state index contributed by atoms with van der Waals surface area (Å²) >= 11 is 0. The number of carbonyl (C=O) groups is 1. The highest BCUT2D eigenvalue weighted by atomic mass is 16.2. The Labute approximate surface area is 86.9 Å². The Hall–Kier alpha value is -0.570. The van der Waals surface area contributed by atoms with Crippen LogP contribution in [0.1, 0.15) is 39.5 Å². The number of likely N-dealkylation sites (tertiary alicyclic amines) is 1. The number of hydrogen-bond acceptors (Lipinski definition) is 2. The van der Waals surface area contributed by atoms with E-state index in [-0.39, 0.29) is 5.91 Å². The minimum Gasteiger partial charge on any atom is -0.342 e. The zero-order valence-electron chi connectivity index (χ0n) is 9.38. The average molecular weight is 198 g/mol. The Bertz CT molecular complexity index is 172. The van der Waals surface area contributed by atoms with Gasteiger partial charge in [0.2, 0.25) is 5.91 Å². The number of hydrogen-bond donors (Lipinski definition) is 1. The molecule has 0 atom stereocenters. The summed E-state index contributed by atoms with van der Waals surface area (Å²) in [6.45, 7) is 6.75. The molecule has 3 heteroatoms. The molecule has 1 aliphatic rings. The minimum atomic E-state index is 0.273. The van der Waals surface area contributed by atoms with Crippen molar-refractivity contribution in [3.63, 3.8) is 0 Å². The van der Waals surface area contributed by atoms with E-state index >= 15 is 0 Å². The highest BCUT2D eigenvalue weighted by Gasteiger charge is 2.17. The molecule has 0 unspecified atom stereocenters. The van der Waals surface area contributed by atoms with Crippen LogP contribution in [0.3, 0.4) is 0 Å². The fourth-order valence-corrected chi connectivity index (χ4v) is 1.89. The van der Waals surface area contributed by atoms with Gasteiger partial charge in [-0.1, -0.05) is 13.8 Å². The number of rotatable bonds is 5. The quantitative estimate of drug-likeness (QED) is 0.724. The van der Waals surface area contributed by atoms with E-state index < -0.39 is 0 Å². The molecule has 0 radical (unpaired) electrons. The van der Waals surface area contributed by atoms with Crippen molar-refractivity contribution in [1.29, 1.82) is 0 Å². The van der Waals surface area contributed by atoms with Crippen molar-refractivity contribution in [2.45, 2.75) is 45.6 Å². The van der Waals surface area contributed by atoms with Crippen molar-refractivity contribution in [2.75, 3.05) is 19.6 Å². The fourth-order valence-electron chi connectivity index (χ4n) is 1.89. The normalized spacial score (nSPS) is 16.6. The Balaban J connectivity index is 2.19. The molecule has 1 aliphatic heterocycles. The van der Waals surface area contributed by atoms with Gasteiger partial charge in [-0.15, -0.1) is 0 Å². The molecule has 0 saturated carbocycles. The summed E-state index contributed by atoms with van der Waals surface area (Å²) < 4.78 is 0. The van der Waals surface area contributed by atoms with Crippen LogP contribution in [-0.4, -0.2) is 36.5 Å². The molecule has 1 amide bonds. The van der Waals surface area contributed by atoms with Crippen molar-refractivity contribution >= 4 is 5.91 Å². The van der Waals surface area contributed by atoms with Crippen molar-refractivity contribution in [2.24, 2.45) is 0 Å². The second-order valence-electron chi connectivity index (χ2n) is 3.98. The van der Waals surface area contributed by atoms with Gasteiger partial charge in [0, 0.05) is 19.1 Å². The molecule has 3 nitrogen and oxygen atoms in total. The molecule has 1 N–H and O–H groups in total. The van der Waals surface area contributed by atoms with E-state index in [4.69, 9.17) is 0 Å². The first kappa shape index (κ1) is 11.5. The molecule has 1 saturated heterocycles. The lowest BCUT2D eigenvalue weighted by Gasteiger charge is -2.19. The summed E-state index contributed by atoms with van der Waals surface area (Å²) in [5.74, 6) is 0.273. The van der Waals surface area contributed by atoms with E-state index in [1.165, 1.54) is 12.8 Å². The molecule has 0 aromatic heterocycles. The third kappa shape index (κ3) is 3.29. The Morgan fingerprint density at radius 2 is 1.86 bits per heavy atom. The highest BCUT2D eigenvalue weighted by molar-refractivity contribution is 5.78. The largest absolute Gasteiger partial charge is 0.342 e. The summed E-state index contributed by atoms with van der Waals surface area (Å²) in [7, 11) is 0. The lowest BCUT2D eigenvalue weighted by Crippen LogP contribution is -2.40. The van der Waals surface area contributed by atoms with Crippen molar-refractivity contribution in [1.82, 2.24) is 10.2 Å². The van der Waals surface area contributed by atoms with E-state index in [0.717, 1.165) is 25.9 Å². The number of amides is 1. The van der Waals surface area contributed by atoms with Crippen LogP contribution in [-0.2, 0) is 4.79 Å². The van der Waals surface area contributed by atoms with Crippen LogP contribution in [0.15, 0.2) is 0 Å². The van der Waals surface area contributed by atoms with Crippen LogP contribution in [0.5, 0.6) is 0 Å². The monoisotopic (exact) mass is 198 g/mol. The van der Waals surface area contributed by atoms with E-state index in [9.17, 15) is 4.79 Å². The van der Waals surface area contributed by atoms with E-state index in [1.807, 2.05) is 4.90 Å². The molecule has 82 valence electrons. The van der Waals surface area contributed by atoms with Gasteiger partial charge in [0.25, 0.3) is 0 Å². The molecular weight excluding hydrogens is 176 g/mol. The third-order valence-corrected chi connectivity index (χ3v) is 2.99. The second kappa shape index (κ2) is 6.02. The van der Waals surface area contributed by atoms with Gasteiger partial charge in [-0.2, -0.15) is 0 Å². The Morgan fingerprint density at radius 3 is 2.36 bits per heavy atom. The maximum Gasteiger partial charge on any atom is 0.236 e. The van der Waals surface area contributed by atoms with Crippen molar-refractivity contribution in [3.8, 4) is 0 Å². The summed E-state index contributed by atoms with van der Waals surface area (Å²) in [5, 5.41) is 3.30. The van der Waals surface area contributed by atoms with Crippen LogP contribution >= 0.6 is 0 Å². The number of carbonyl (C=O) groups excluding carboxylic acids is 1. The van der Waals surface area contributed by atoms with Crippen LogP contribution in [0.25, 0.3) is 0 Å². The maximum atomic E-state index is 11.6. The van der Waals surface area contributed by atoms with Crippen LogP contribution < -0.4 is 5.32 Å². The summed E-state index contributed by atoms with van der Waals surface area (Å²) in [5.41, 5.74) is 0. The molecular formula is C11H22N2O. The first-order chi connectivity index (χ1) is 6.77. The molecule has 1 fully saturated rings. The maximum absolute atomic E-state index is 11.6. The SMILES string of the molecule is CCC(CC)NCC(=O)N1CCCC1. The van der Waals surface area contributed by atoms with Gasteiger partial charge in [-0.05, 0) is 25.7 Å². The van der Waals surface area contributed by atoms with Crippen molar-refractivity contribution < 1.29 is 4.79 Å². The molecule has 0 aliphatic carbocycles. The Kier molecular flexibility index (Phi) is 4.94. The lowest BCUT2D eigenvalue weighted by molar-refractivity contribution is -0.129. The topological polar surface area (TPSA) is 32.3 Å². The van der Waals surface area contributed by atoms with Crippen LogP contribution in [0.4, 0.5) is 0 Å². The number of nitrogens with one attached hydrogen (secondary N) is 1. The molecule has 14 heavy (non-hydrogen) atoms. The predicted octanol–water partition coefficient (Wildman–Crippen LogP) is 1.39. The van der Waals surface area contributed by atoms with Crippen molar-refractivity contribution in [3.05, 3.63) is 0 Å². The van der Waals surface area contributed by atoms with E-state index in [0.29, 0.717) is 12.6 Å². The summed E-state index contributed by atoms with van der Waals surface area (Å²) in [4.78, 5) is 13.6. The molecule has 0 spiro atoms. The Morgan fingerprint density at radius 1 is 1.29 bits per heavy atom. The molecule has 1 rings (SSSR count). The van der Waals surface area contributed by atoms with Gasteiger partial charge in [-0.3, -0.25) is 4.79 Å². The summed E-state index contributed by atoms with van der Waals surface area (Å²) in [6, 6.07) is 0.501. The first-order valence-electron chi connectivity index (χ1n) is 5.79. The molecule has 0 aromatic carbocycles. The average Bonchev–Trinajstić information content (AvgIpc) is 2.72. The van der Waals surface area contributed by atoms with Gasteiger partial charge >= 0.3 is 0 Å². The van der Waals surface area contributed by atoms with Gasteiger partial charge in [0.15, 0.2) is 0 Å². The van der Waals surface area contributed by atoms with Crippen LogP contribution in [0.2, 0.25) is 0 Å². The zero-order chi connectivity index (χ0) is 10.4. The van der Waals surface area contributed by atoms with Gasteiger partial charge in [-0.25, -0.2) is 0 Å². The highest BCUT2D eigenvalue weighted by Crippen LogP contribution is 2.07. The zero-order valence-corrected chi connectivity index (χ0v) is 9.38. The van der Waals surface area contributed by atoms with Crippen LogP contribution in [0, 0.1) is 0 Å². The minimum absolute atomic E-state index is 0.273. The van der Waals surface area contributed by atoms with Gasteiger partial charge in [0.1, 0.15) is 0 Å². The molecule has 0 aromatic rings. The fraction of sp³-hybridized carbons (Fsp3) is 0.909. The first-order valence-corrected chi connectivity index (χ1v) is 5.79.